The Labute approximate surface area is 184 Å². The largest absolute Gasteiger partial charge is 0.482 e. The molecule has 3 fully saturated rings. The maximum atomic E-state index is 13.7. The molecule has 2 aromatic rings. The van der Waals surface area contributed by atoms with Crippen molar-refractivity contribution in [3.63, 3.8) is 0 Å². The normalized spacial score (nSPS) is 24.4. The van der Waals surface area contributed by atoms with Gasteiger partial charge in [0.05, 0.1) is 10.7 Å². The summed E-state index contributed by atoms with van der Waals surface area (Å²) < 4.78 is 25.0. The van der Waals surface area contributed by atoms with Gasteiger partial charge in [-0.15, -0.1) is 0 Å². The molecule has 7 nitrogen and oxygen atoms in total. The van der Waals surface area contributed by atoms with Crippen molar-refractivity contribution in [2.45, 2.75) is 44.8 Å². The van der Waals surface area contributed by atoms with Crippen molar-refractivity contribution in [2.75, 3.05) is 6.61 Å². The van der Waals surface area contributed by atoms with Gasteiger partial charge in [-0.2, -0.15) is 0 Å². The highest BCUT2D eigenvalue weighted by molar-refractivity contribution is 6.30. The number of carbonyl (C=O) groups is 2. The number of rotatable bonds is 8. The molecule has 2 bridgehead atoms. The van der Waals surface area contributed by atoms with Gasteiger partial charge in [-0.05, 0) is 57.4 Å². The summed E-state index contributed by atoms with van der Waals surface area (Å²) in [5.74, 6) is -0.760. The fraction of sp³-hybridized carbons (Fsp3) is 0.409. The van der Waals surface area contributed by atoms with Crippen molar-refractivity contribution in [3.05, 3.63) is 52.6 Å². The number of aromatic nitrogens is 1. The van der Waals surface area contributed by atoms with Crippen LogP contribution in [0.2, 0.25) is 5.02 Å². The first-order valence-electron chi connectivity index (χ1n) is 9.91. The van der Waals surface area contributed by atoms with Crippen LogP contribution in [0.4, 0.5) is 4.39 Å². The molecular weight excluding hydrogens is 425 g/mol. The van der Waals surface area contributed by atoms with Gasteiger partial charge in [0.1, 0.15) is 17.3 Å². The van der Waals surface area contributed by atoms with Crippen LogP contribution in [0.5, 0.6) is 11.5 Å². The molecule has 1 aromatic heterocycles. The van der Waals surface area contributed by atoms with Gasteiger partial charge in [-0.1, -0.05) is 11.6 Å². The Morgan fingerprint density at radius 2 is 1.97 bits per heavy atom. The maximum Gasteiger partial charge on any atom is 0.259 e. The van der Waals surface area contributed by atoms with E-state index in [1.165, 1.54) is 12.1 Å². The van der Waals surface area contributed by atoms with E-state index in [0.717, 1.165) is 17.5 Å². The van der Waals surface area contributed by atoms with Crippen LogP contribution in [-0.2, 0) is 9.59 Å². The molecule has 1 atom stereocenters. The fourth-order valence-corrected chi connectivity index (χ4v) is 4.87. The Morgan fingerprint density at radius 3 is 2.58 bits per heavy atom. The Morgan fingerprint density at radius 1 is 1.26 bits per heavy atom. The Hall–Kier alpha value is -2.87. The first kappa shape index (κ1) is 21.4. The van der Waals surface area contributed by atoms with E-state index in [0.29, 0.717) is 25.0 Å². The summed E-state index contributed by atoms with van der Waals surface area (Å²) >= 11 is 5.69. The highest BCUT2D eigenvalue weighted by atomic mass is 35.5. The number of carbonyl (C=O) groups excluding carboxylic acids is 2. The molecule has 5 rings (SSSR count). The van der Waals surface area contributed by atoms with E-state index in [1.807, 2.05) is 19.9 Å². The average Bonchev–Trinajstić information content (AvgIpc) is 2.64. The second-order valence-corrected chi connectivity index (χ2v) is 8.93. The summed E-state index contributed by atoms with van der Waals surface area (Å²) in [6, 6.07) is 7.58. The SMILES string of the molecule is Cc1ccc(OCC(=O)NC23CC(C(Oc4ccc(Cl)c(F)c4)C(N)=O)(C2)C3)c(C)n1. The number of hydrogen-bond acceptors (Lipinski definition) is 5. The number of pyridine rings is 1. The third-order valence-corrected chi connectivity index (χ3v) is 6.28. The summed E-state index contributed by atoms with van der Waals surface area (Å²) in [6.45, 7) is 3.58. The molecule has 3 aliphatic carbocycles. The van der Waals surface area contributed by atoms with E-state index in [4.69, 9.17) is 26.8 Å². The minimum atomic E-state index is -0.913. The Bertz CT molecular complexity index is 1040. The summed E-state index contributed by atoms with van der Waals surface area (Å²) in [5, 5.41) is 2.96. The van der Waals surface area contributed by atoms with Crippen molar-refractivity contribution >= 4 is 23.4 Å². The molecule has 1 unspecified atom stereocenters. The first-order chi connectivity index (χ1) is 14.6. The molecule has 0 spiro atoms. The summed E-state index contributed by atoms with van der Waals surface area (Å²) in [4.78, 5) is 28.7. The lowest BCUT2D eigenvalue weighted by Crippen LogP contribution is -2.80. The van der Waals surface area contributed by atoms with Crippen molar-refractivity contribution in [2.24, 2.45) is 11.1 Å². The van der Waals surface area contributed by atoms with Crippen molar-refractivity contribution < 1.29 is 23.5 Å². The molecular formula is C22H23ClFN3O4. The topological polar surface area (TPSA) is 104 Å². The van der Waals surface area contributed by atoms with Crippen LogP contribution in [-0.4, -0.2) is 35.0 Å². The molecule has 3 N–H and O–H groups in total. The van der Waals surface area contributed by atoms with Crippen LogP contribution in [0.3, 0.4) is 0 Å². The molecule has 3 saturated carbocycles. The molecule has 1 heterocycles. The van der Waals surface area contributed by atoms with Gasteiger partial charge in [0.15, 0.2) is 12.7 Å². The number of nitrogens with zero attached hydrogens (tertiary/aromatic N) is 1. The standard InChI is InChI=1S/C22H23ClFN3O4/c1-12-3-6-17(13(2)26-12)30-8-18(28)27-22-9-21(10-22,11-22)19(20(25)29)31-14-4-5-15(23)16(24)7-14/h3-7,19H,8-11H2,1-2H3,(H2,25,29)(H,27,28). The monoisotopic (exact) mass is 447 g/mol. The van der Waals surface area contributed by atoms with Gasteiger partial charge in [-0.25, -0.2) is 4.39 Å². The number of aryl methyl sites for hydroxylation is 2. The molecule has 0 radical (unpaired) electrons. The van der Waals surface area contributed by atoms with Gasteiger partial charge in [0, 0.05) is 22.7 Å². The van der Waals surface area contributed by atoms with Gasteiger partial charge in [-0.3, -0.25) is 14.6 Å². The second kappa shape index (κ2) is 7.67. The Kier molecular flexibility index (Phi) is 5.29. The van der Waals surface area contributed by atoms with Gasteiger partial charge in [0.25, 0.3) is 11.8 Å². The summed E-state index contributed by atoms with van der Waals surface area (Å²) in [5.41, 5.74) is 6.30. The van der Waals surface area contributed by atoms with Crippen molar-refractivity contribution in [1.29, 1.82) is 0 Å². The average molecular weight is 448 g/mol. The third-order valence-electron chi connectivity index (χ3n) is 5.97. The second-order valence-electron chi connectivity index (χ2n) is 8.52. The van der Waals surface area contributed by atoms with Crippen LogP contribution < -0.4 is 20.5 Å². The fourth-order valence-electron chi connectivity index (χ4n) is 4.75. The zero-order valence-electron chi connectivity index (χ0n) is 17.2. The van der Waals surface area contributed by atoms with Crippen LogP contribution >= 0.6 is 11.6 Å². The lowest BCUT2D eigenvalue weighted by molar-refractivity contribution is -0.208. The van der Waals surface area contributed by atoms with Crippen LogP contribution in [0.25, 0.3) is 0 Å². The predicted octanol–water partition coefficient (Wildman–Crippen LogP) is 2.84. The molecule has 164 valence electrons. The van der Waals surface area contributed by atoms with Crippen molar-refractivity contribution in [1.82, 2.24) is 10.3 Å². The van der Waals surface area contributed by atoms with Gasteiger partial charge in [0.2, 0.25) is 0 Å². The number of ether oxygens (including phenoxy) is 2. The number of primary amides is 1. The first-order valence-corrected chi connectivity index (χ1v) is 10.3. The van der Waals surface area contributed by atoms with E-state index < -0.39 is 23.2 Å². The molecule has 2 amide bonds. The third kappa shape index (κ3) is 4.04. The molecule has 0 saturated heterocycles. The molecule has 0 aliphatic heterocycles. The quantitative estimate of drug-likeness (QED) is 0.647. The summed E-state index contributed by atoms with van der Waals surface area (Å²) in [6.07, 6.45) is 0.756. The van der Waals surface area contributed by atoms with Gasteiger partial charge < -0.3 is 20.5 Å². The maximum absolute atomic E-state index is 13.7. The lowest BCUT2D eigenvalue weighted by Gasteiger charge is -2.71. The highest BCUT2D eigenvalue weighted by Gasteiger charge is 2.73. The van der Waals surface area contributed by atoms with Crippen LogP contribution in [0.1, 0.15) is 30.7 Å². The zero-order valence-corrected chi connectivity index (χ0v) is 18.0. The smallest absolute Gasteiger partial charge is 0.259 e. The zero-order chi connectivity index (χ0) is 22.4. The number of hydrogen-bond donors (Lipinski definition) is 2. The number of benzene rings is 1. The molecule has 31 heavy (non-hydrogen) atoms. The van der Waals surface area contributed by atoms with Crippen LogP contribution in [0.15, 0.2) is 30.3 Å². The summed E-state index contributed by atoms with van der Waals surface area (Å²) in [7, 11) is 0. The van der Waals surface area contributed by atoms with Gasteiger partial charge >= 0.3 is 0 Å². The number of amides is 2. The highest BCUT2D eigenvalue weighted by Crippen LogP contribution is 2.69. The Balaban J connectivity index is 1.32. The van der Waals surface area contributed by atoms with E-state index in [2.05, 4.69) is 10.3 Å². The number of nitrogens with two attached hydrogens (primary N) is 1. The van der Waals surface area contributed by atoms with E-state index in [-0.39, 0.29) is 28.8 Å². The predicted molar refractivity (Wildman–Crippen MR) is 111 cm³/mol. The number of halogens is 2. The lowest BCUT2D eigenvalue weighted by atomic mass is 9.37. The van der Waals surface area contributed by atoms with E-state index >= 15 is 0 Å². The van der Waals surface area contributed by atoms with E-state index in [9.17, 15) is 14.0 Å². The van der Waals surface area contributed by atoms with Crippen LogP contribution in [0, 0.1) is 25.1 Å². The molecule has 9 heteroatoms. The minimum absolute atomic E-state index is 0.0333. The van der Waals surface area contributed by atoms with Crippen molar-refractivity contribution in [3.8, 4) is 11.5 Å². The molecule has 3 aliphatic rings. The van der Waals surface area contributed by atoms with E-state index in [1.54, 1.807) is 6.07 Å². The minimum Gasteiger partial charge on any atom is -0.482 e. The molecule has 1 aromatic carbocycles. The number of nitrogens with one attached hydrogen (secondary N) is 1.